The molecule has 1 aliphatic heterocycles. The van der Waals surface area contributed by atoms with Gasteiger partial charge in [-0.1, -0.05) is 13.8 Å². The normalized spacial score (nSPS) is 19.4. The second-order valence-corrected chi connectivity index (χ2v) is 5.43. The average Bonchev–Trinajstić information content (AvgIpc) is 2.69. The number of hydrogen-bond acceptors (Lipinski definition) is 5. The predicted molar refractivity (Wildman–Crippen MR) is 84.0 cm³/mol. The maximum Gasteiger partial charge on any atom is 0.162 e. The van der Waals surface area contributed by atoms with Gasteiger partial charge >= 0.3 is 0 Å². The van der Waals surface area contributed by atoms with E-state index in [-0.39, 0.29) is 11.9 Å². The molecule has 21 heavy (non-hydrogen) atoms. The van der Waals surface area contributed by atoms with Gasteiger partial charge in [0, 0.05) is 19.7 Å². The predicted octanol–water partition coefficient (Wildman–Crippen LogP) is 1.50. The van der Waals surface area contributed by atoms with Crippen molar-refractivity contribution in [2.45, 2.75) is 46.1 Å². The van der Waals surface area contributed by atoms with E-state index in [1.165, 1.54) is 0 Å². The molecule has 2 rings (SSSR count). The number of nitrogens with two attached hydrogens (primary N) is 1. The number of aromatic nitrogens is 2. The molecular formula is C15H25N5O. The standard InChI is InChI=1S/C15H25N5O/c1-4-11-12(5-2)18-19-15(13(11)14(16)17)20-7-6-8-21-10(3)9-20/h10H,4-9H2,1-3H3,(H3,16,17). The van der Waals surface area contributed by atoms with Crippen LogP contribution < -0.4 is 10.6 Å². The van der Waals surface area contributed by atoms with Gasteiger partial charge in [0.25, 0.3) is 0 Å². The molecule has 0 aromatic carbocycles. The van der Waals surface area contributed by atoms with E-state index >= 15 is 0 Å². The number of nitrogen functional groups attached to an aromatic ring is 1. The van der Waals surface area contributed by atoms with Gasteiger partial charge in [0.05, 0.1) is 17.4 Å². The first-order valence-corrected chi connectivity index (χ1v) is 7.67. The molecule has 1 aromatic heterocycles. The first kappa shape index (κ1) is 15.7. The first-order chi connectivity index (χ1) is 10.1. The molecule has 0 aliphatic carbocycles. The maximum atomic E-state index is 7.97. The Kier molecular flexibility index (Phi) is 5.12. The zero-order valence-corrected chi connectivity index (χ0v) is 13.1. The highest BCUT2D eigenvalue weighted by molar-refractivity contribution is 6.01. The number of nitrogens with one attached hydrogen (secondary N) is 1. The maximum absolute atomic E-state index is 7.97. The SMILES string of the molecule is CCc1nnc(N2CCCOC(C)C2)c(C(=N)N)c1CC. The fourth-order valence-electron chi connectivity index (χ4n) is 2.85. The Hall–Kier alpha value is -1.69. The number of amidine groups is 1. The summed E-state index contributed by atoms with van der Waals surface area (Å²) in [5.74, 6) is 0.804. The lowest BCUT2D eigenvalue weighted by Gasteiger charge is -2.26. The van der Waals surface area contributed by atoms with Crippen molar-refractivity contribution in [2.75, 3.05) is 24.6 Å². The monoisotopic (exact) mass is 291 g/mol. The molecule has 2 heterocycles. The quantitative estimate of drug-likeness (QED) is 0.648. The van der Waals surface area contributed by atoms with Gasteiger partial charge in [0.2, 0.25) is 0 Å². The van der Waals surface area contributed by atoms with Crippen molar-refractivity contribution < 1.29 is 4.74 Å². The van der Waals surface area contributed by atoms with Crippen molar-refractivity contribution in [1.29, 1.82) is 5.41 Å². The molecule has 1 saturated heterocycles. The van der Waals surface area contributed by atoms with Crippen LogP contribution in [0.25, 0.3) is 0 Å². The molecule has 1 aliphatic rings. The van der Waals surface area contributed by atoms with Crippen LogP contribution in [0.2, 0.25) is 0 Å². The van der Waals surface area contributed by atoms with Crippen LogP contribution in [0.3, 0.4) is 0 Å². The molecule has 0 saturated carbocycles. The van der Waals surface area contributed by atoms with Crippen molar-refractivity contribution in [3.05, 3.63) is 16.8 Å². The van der Waals surface area contributed by atoms with E-state index < -0.39 is 0 Å². The second-order valence-electron chi connectivity index (χ2n) is 5.43. The van der Waals surface area contributed by atoms with Gasteiger partial charge in [0.1, 0.15) is 5.84 Å². The van der Waals surface area contributed by atoms with Crippen LogP contribution in [0.15, 0.2) is 0 Å². The summed E-state index contributed by atoms with van der Waals surface area (Å²) in [4.78, 5) is 2.15. The molecule has 6 nitrogen and oxygen atoms in total. The van der Waals surface area contributed by atoms with Crippen LogP contribution in [0.5, 0.6) is 0 Å². The van der Waals surface area contributed by atoms with Crippen LogP contribution >= 0.6 is 0 Å². The highest BCUT2D eigenvalue weighted by Gasteiger charge is 2.24. The number of rotatable bonds is 4. The number of hydrogen-bond donors (Lipinski definition) is 2. The lowest BCUT2D eigenvalue weighted by Crippen LogP contribution is -2.34. The van der Waals surface area contributed by atoms with Crippen molar-refractivity contribution in [3.8, 4) is 0 Å². The third-order valence-electron chi connectivity index (χ3n) is 3.85. The highest BCUT2D eigenvalue weighted by atomic mass is 16.5. The minimum atomic E-state index is 0.0734. The highest BCUT2D eigenvalue weighted by Crippen LogP contribution is 2.25. The molecule has 3 N–H and O–H groups in total. The molecular weight excluding hydrogens is 266 g/mol. The minimum absolute atomic E-state index is 0.0734. The molecule has 1 fully saturated rings. The van der Waals surface area contributed by atoms with Crippen molar-refractivity contribution in [1.82, 2.24) is 10.2 Å². The average molecular weight is 291 g/mol. The van der Waals surface area contributed by atoms with E-state index in [4.69, 9.17) is 15.9 Å². The van der Waals surface area contributed by atoms with Gasteiger partial charge < -0.3 is 15.4 Å². The molecule has 0 spiro atoms. The van der Waals surface area contributed by atoms with Crippen LogP contribution in [0, 0.1) is 5.41 Å². The topological polar surface area (TPSA) is 88.1 Å². The Morgan fingerprint density at radius 3 is 2.76 bits per heavy atom. The number of aryl methyl sites for hydroxylation is 1. The van der Waals surface area contributed by atoms with Gasteiger partial charge in [-0.3, -0.25) is 5.41 Å². The van der Waals surface area contributed by atoms with E-state index in [9.17, 15) is 0 Å². The minimum Gasteiger partial charge on any atom is -0.384 e. The number of nitrogens with zero attached hydrogens (tertiary/aromatic N) is 3. The van der Waals surface area contributed by atoms with Crippen LogP contribution in [-0.4, -0.2) is 41.8 Å². The summed E-state index contributed by atoms with van der Waals surface area (Å²) in [6, 6.07) is 0. The largest absolute Gasteiger partial charge is 0.384 e. The molecule has 1 atom stereocenters. The summed E-state index contributed by atoms with van der Waals surface area (Å²) in [6.45, 7) is 8.54. The number of ether oxygens (including phenoxy) is 1. The Labute approximate surface area is 126 Å². The van der Waals surface area contributed by atoms with E-state index in [0.717, 1.165) is 61.6 Å². The van der Waals surface area contributed by atoms with Gasteiger partial charge in [-0.05, 0) is 31.7 Å². The van der Waals surface area contributed by atoms with Crippen molar-refractivity contribution >= 4 is 11.7 Å². The van der Waals surface area contributed by atoms with Crippen LogP contribution in [0.4, 0.5) is 5.82 Å². The summed E-state index contributed by atoms with van der Waals surface area (Å²) in [7, 11) is 0. The molecule has 0 bridgehead atoms. The summed E-state index contributed by atoms with van der Waals surface area (Å²) >= 11 is 0. The fourth-order valence-corrected chi connectivity index (χ4v) is 2.85. The van der Waals surface area contributed by atoms with Crippen LogP contribution in [0.1, 0.15) is 44.0 Å². The van der Waals surface area contributed by atoms with E-state index in [2.05, 4.69) is 35.9 Å². The Bertz CT molecular complexity index is 517. The van der Waals surface area contributed by atoms with Crippen LogP contribution in [-0.2, 0) is 17.6 Å². The van der Waals surface area contributed by atoms with E-state index in [1.54, 1.807) is 0 Å². The lowest BCUT2D eigenvalue weighted by molar-refractivity contribution is 0.0820. The van der Waals surface area contributed by atoms with Gasteiger partial charge in [-0.2, -0.15) is 5.10 Å². The first-order valence-electron chi connectivity index (χ1n) is 7.67. The van der Waals surface area contributed by atoms with Crippen molar-refractivity contribution in [2.24, 2.45) is 5.73 Å². The van der Waals surface area contributed by atoms with Gasteiger partial charge in [0.15, 0.2) is 5.82 Å². The molecule has 0 radical (unpaired) electrons. The molecule has 0 amide bonds. The lowest BCUT2D eigenvalue weighted by atomic mass is 10.0. The van der Waals surface area contributed by atoms with Gasteiger partial charge in [-0.15, -0.1) is 5.10 Å². The third kappa shape index (κ3) is 3.32. The smallest absolute Gasteiger partial charge is 0.162 e. The number of anilines is 1. The molecule has 6 heteroatoms. The van der Waals surface area contributed by atoms with Gasteiger partial charge in [-0.25, -0.2) is 0 Å². The zero-order valence-electron chi connectivity index (χ0n) is 13.1. The van der Waals surface area contributed by atoms with Crippen molar-refractivity contribution in [3.63, 3.8) is 0 Å². The summed E-state index contributed by atoms with van der Waals surface area (Å²) in [5, 5.41) is 16.7. The molecule has 116 valence electrons. The Morgan fingerprint density at radius 1 is 1.38 bits per heavy atom. The third-order valence-corrected chi connectivity index (χ3v) is 3.85. The second kappa shape index (κ2) is 6.85. The summed E-state index contributed by atoms with van der Waals surface area (Å²) < 4.78 is 5.68. The molecule has 1 aromatic rings. The summed E-state index contributed by atoms with van der Waals surface area (Å²) in [5.41, 5.74) is 8.59. The Morgan fingerprint density at radius 2 is 2.14 bits per heavy atom. The Balaban J connectivity index is 2.49. The fraction of sp³-hybridized carbons (Fsp3) is 0.667. The van der Waals surface area contributed by atoms with E-state index in [1.807, 2.05) is 0 Å². The zero-order chi connectivity index (χ0) is 15.4. The molecule has 1 unspecified atom stereocenters. The summed E-state index contributed by atoms with van der Waals surface area (Å²) in [6.07, 6.45) is 2.70. The van der Waals surface area contributed by atoms with E-state index in [0.29, 0.717) is 0 Å².